The summed E-state index contributed by atoms with van der Waals surface area (Å²) in [5.41, 5.74) is 2.14. The predicted octanol–water partition coefficient (Wildman–Crippen LogP) is 4.50. The van der Waals surface area contributed by atoms with Gasteiger partial charge in [0.2, 0.25) is 0 Å². The van der Waals surface area contributed by atoms with Crippen molar-refractivity contribution in [1.29, 1.82) is 0 Å². The number of carbonyl (C=O) groups is 1. The van der Waals surface area contributed by atoms with E-state index in [0.29, 0.717) is 26.2 Å². The molecule has 2 atom stereocenters. The molecule has 5 rings (SSSR count). The van der Waals surface area contributed by atoms with Crippen molar-refractivity contribution in [3.63, 3.8) is 0 Å². The molecule has 0 saturated carbocycles. The molecule has 1 aromatic heterocycles. The van der Waals surface area contributed by atoms with Crippen LogP contribution < -0.4 is 5.32 Å². The molecular formula is C25H26F3N5O. The number of alkyl halides is 3. The molecule has 0 radical (unpaired) electrons. The first-order valence-electron chi connectivity index (χ1n) is 11.4. The van der Waals surface area contributed by atoms with Gasteiger partial charge in [0.15, 0.2) is 6.04 Å². The molecule has 2 aliphatic rings. The van der Waals surface area contributed by atoms with Gasteiger partial charge in [-0.2, -0.15) is 18.3 Å². The zero-order valence-corrected chi connectivity index (χ0v) is 18.6. The van der Waals surface area contributed by atoms with Crippen LogP contribution in [-0.2, 0) is 6.54 Å². The Balaban J connectivity index is 1.33. The summed E-state index contributed by atoms with van der Waals surface area (Å²) in [7, 11) is 0. The van der Waals surface area contributed by atoms with Gasteiger partial charge in [-0.25, -0.2) is 4.68 Å². The number of hydrogen-bond donors (Lipinski definition) is 1. The normalized spacial score (nSPS) is 21.1. The summed E-state index contributed by atoms with van der Waals surface area (Å²) in [6, 6.07) is 16.8. The van der Waals surface area contributed by atoms with Crippen LogP contribution in [0.1, 0.15) is 40.0 Å². The summed E-state index contributed by atoms with van der Waals surface area (Å²) in [6.45, 7) is 3.24. The molecule has 2 aromatic carbocycles. The topological polar surface area (TPSA) is 53.4 Å². The second-order valence-electron chi connectivity index (χ2n) is 8.81. The van der Waals surface area contributed by atoms with Gasteiger partial charge in [-0.3, -0.25) is 9.69 Å². The maximum atomic E-state index is 13.9. The fraction of sp³-hybridized carbons (Fsp3) is 0.360. The predicted molar refractivity (Wildman–Crippen MR) is 122 cm³/mol. The average molecular weight is 470 g/mol. The quantitative estimate of drug-likeness (QED) is 0.611. The van der Waals surface area contributed by atoms with Crippen molar-refractivity contribution < 1.29 is 18.0 Å². The summed E-state index contributed by atoms with van der Waals surface area (Å²) in [4.78, 5) is 17.3. The highest BCUT2D eigenvalue weighted by Crippen LogP contribution is 2.44. The van der Waals surface area contributed by atoms with Gasteiger partial charge in [-0.05, 0) is 11.1 Å². The molecule has 178 valence electrons. The molecule has 0 unspecified atom stereocenters. The molecule has 0 aliphatic carbocycles. The van der Waals surface area contributed by atoms with Gasteiger partial charge in [0.05, 0.1) is 12.2 Å². The summed E-state index contributed by atoms with van der Waals surface area (Å²) >= 11 is 0. The minimum absolute atomic E-state index is 0.138. The smallest absolute Gasteiger partial charge is 0.363 e. The van der Waals surface area contributed by atoms with Gasteiger partial charge in [-0.15, -0.1) is 0 Å². The number of carbonyl (C=O) groups excluding carboxylic acids is 1. The van der Waals surface area contributed by atoms with E-state index in [0.717, 1.165) is 16.8 Å². The molecule has 1 N–H and O–H groups in total. The Bertz CT molecular complexity index is 1120. The molecule has 0 bridgehead atoms. The molecule has 3 heterocycles. The first-order chi connectivity index (χ1) is 16.4. The number of nitrogens with one attached hydrogen (secondary N) is 1. The Kier molecular flexibility index (Phi) is 6.03. The van der Waals surface area contributed by atoms with Crippen molar-refractivity contribution in [2.45, 2.75) is 31.2 Å². The van der Waals surface area contributed by atoms with Crippen molar-refractivity contribution >= 4 is 11.7 Å². The van der Waals surface area contributed by atoms with Gasteiger partial charge in [0, 0.05) is 39.1 Å². The number of benzene rings is 2. The van der Waals surface area contributed by atoms with Gasteiger partial charge >= 0.3 is 6.18 Å². The SMILES string of the molecule is O=C(c1cnn2c1N[C@H](c1ccccc1)C[C@H]2C(F)(F)F)N1CCN(Cc2ccccc2)CC1. The van der Waals surface area contributed by atoms with E-state index in [1.165, 1.54) is 11.8 Å². The van der Waals surface area contributed by atoms with Crippen LogP contribution in [0.3, 0.4) is 0 Å². The van der Waals surface area contributed by atoms with Crippen molar-refractivity contribution in [1.82, 2.24) is 19.6 Å². The molecule has 2 aliphatic heterocycles. The highest BCUT2D eigenvalue weighted by Gasteiger charge is 2.47. The van der Waals surface area contributed by atoms with E-state index in [1.807, 2.05) is 24.3 Å². The van der Waals surface area contributed by atoms with Gasteiger partial charge in [0.25, 0.3) is 5.91 Å². The average Bonchev–Trinajstić information content (AvgIpc) is 3.28. The summed E-state index contributed by atoms with van der Waals surface area (Å²) in [5, 5.41) is 7.16. The first-order valence-corrected chi connectivity index (χ1v) is 11.4. The molecular weight excluding hydrogens is 443 g/mol. The van der Waals surface area contributed by atoms with Crippen LogP contribution in [0.15, 0.2) is 66.9 Å². The van der Waals surface area contributed by atoms with Crippen LogP contribution in [0.25, 0.3) is 0 Å². The van der Waals surface area contributed by atoms with Crippen LogP contribution in [0.5, 0.6) is 0 Å². The lowest BCUT2D eigenvalue weighted by molar-refractivity contribution is -0.173. The van der Waals surface area contributed by atoms with Gasteiger partial charge in [0.1, 0.15) is 11.4 Å². The zero-order chi connectivity index (χ0) is 23.7. The summed E-state index contributed by atoms with van der Waals surface area (Å²) in [5.74, 6) is -0.151. The van der Waals surface area contributed by atoms with Crippen molar-refractivity contribution in [2.24, 2.45) is 0 Å². The fourth-order valence-corrected chi connectivity index (χ4v) is 4.74. The highest BCUT2D eigenvalue weighted by molar-refractivity contribution is 5.99. The fourth-order valence-electron chi connectivity index (χ4n) is 4.74. The number of nitrogens with zero attached hydrogens (tertiary/aromatic N) is 4. The number of hydrogen-bond acceptors (Lipinski definition) is 4. The maximum Gasteiger partial charge on any atom is 0.410 e. The van der Waals surface area contributed by atoms with Gasteiger partial charge < -0.3 is 10.2 Å². The Morgan fingerprint density at radius 1 is 0.971 bits per heavy atom. The number of aromatic nitrogens is 2. The van der Waals surface area contributed by atoms with Crippen LogP contribution in [0.2, 0.25) is 0 Å². The van der Waals surface area contributed by atoms with E-state index in [4.69, 9.17) is 0 Å². The minimum Gasteiger partial charge on any atom is -0.363 e. The third-order valence-corrected chi connectivity index (χ3v) is 6.58. The first kappa shape index (κ1) is 22.5. The Morgan fingerprint density at radius 3 is 2.26 bits per heavy atom. The number of fused-ring (bicyclic) bond motifs is 1. The number of anilines is 1. The van der Waals surface area contributed by atoms with Crippen molar-refractivity contribution in [3.05, 3.63) is 83.6 Å². The summed E-state index contributed by atoms with van der Waals surface area (Å²) in [6.07, 6.45) is -3.39. The third-order valence-electron chi connectivity index (χ3n) is 6.58. The van der Waals surface area contributed by atoms with Crippen LogP contribution in [-0.4, -0.2) is 57.8 Å². The molecule has 0 spiro atoms. The van der Waals surface area contributed by atoms with Gasteiger partial charge in [-0.1, -0.05) is 60.7 Å². The van der Waals surface area contributed by atoms with E-state index < -0.39 is 18.3 Å². The van der Waals surface area contributed by atoms with Crippen LogP contribution >= 0.6 is 0 Å². The van der Waals surface area contributed by atoms with Crippen molar-refractivity contribution in [3.8, 4) is 0 Å². The minimum atomic E-state index is -4.47. The number of halogens is 3. The Morgan fingerprint density at radius 2 is 1.62 bits per heavy atom. The second-order valence-corrected chi connectivity index (χ2v) is 8.81. The van der Waals surface area contributed by atoms with E-state index in [2.05, 4.69) is 27.4 Å². The number of amides is 1. The Hall–Kier alpha value is -3.33. The third kappa shape index (κ3) is 4.52. The maximum absolute atomic E-state index is 13.9. The molecule has 6 nitrogen and oxygen atoms in total. The van der Waals surface area contributed by atoms with E-state index in [-0.39, 0.29) is 23.7 Å². The Labute approximate surface area is 196 Å². The van der Waals surface area contributed by atoms with Crippen LogP contribution in [0.4, 0.5) is 19.0 Å². The number of rotatable bonds is 4. The van der Waals surface area contributed by atoms with E-state index >= 15 is 0 Å². The van der Waals surface area contributed by atoms with E-state index in [9.17, 15) is 18.0 Å². The molecule has 1 fully saturated rings. The molecule has 1 amide bonds. The molecule has 9 heteroatoms. The highest BCUT2D eigenvalue weighted by atomic mass is 19.4. The zero-order valence-electron chi connectivity index (χ0n) is 18.6. The molecule has 1 saturated heterocycles. The molecule has 34 heavy (non-hydrogen) atoms. The molecule has 3 aromatic rings. The van der Waals surface area contributed by atoms with Crippen LogP contribution in [0, 0.1) is 0 Å². The number of piperazine rings is 1. The lowest BCUT2D eigenvalue weighted by Gasteiger charge is -2.36. The second kappa shape index (κ2) is 9.13. The lowest BCUT2D eigenvalue weighted by atomic mass is 9.96. The standard InChI is InChI=1S/C25H26F3N5O/c26-25(27,28)22-15-21(19-9-5-2-6-10-19)30-23-20(16-29-33(22)23)24(34)32-13-11-31(12-14-32)17-18-7-3-1-4-8-18/h1-10,16,21-22,30H,11-15,17H2/t21-,22-/m0/s1. The largest absolute Gasteiger partial charge is 0.410 e. The monoisotopic (exact) mass is 469 g/mol. The summed E-state index contributed by atoms with van der Waals surface area (Å²) < 4.78 is 42.6. The lowest BCUT2D eigenvalue weighted by Crippen LogP contribution is -2.48. The van der Waals surface area contributed by atoms with E-state index in [1.54, 1.807) is 29.2 Å². The van der Waals surface area contributed by atoms with Crippen molar-refractivity contribution in [2.75, 3.05) is 31.5 Å².